The van der Waals surface area contributed by atoms with Crippen molar-refractivity contribution < 1.29 is 19.1 Å². The van der Waals surface area contributed by atoms with Gasteiger partial charge in [-0.2, -0.15) is 0 Å². The third kappa shape index (κ3) is 4.06. The molecule has 0 bridgehead atoms. The lowest BCUT2D eigenvalue weighted by Crippen LogP contribution is -2.33. The fraction of sp³-hybridized carbons (Fsp3) is 0.400. The Morgan fingerprint density at radius 1 is 1.32 bits per heavy atom. The van der Waals surface area contributed by atoms with Gasteiger partial charge in [-0.05, 0) is 37.5 Å². The van der Waals surface area contributed by atoms with Gasteiger partial charge >= 0.3 is 11.9 Å². The monoisotopic (exact) mass is 401 g/mol. The smallest absolute Gasteiger partial charge is 0.397 e. The Kier molecular flexibility index (Phi) is 6.08. The number of thiazole rings is 1. The summed E-state index contributed by atoms with van der Waals surface area (Å²) >= 11 is 1.24. The van der Waals surface area contributed by atoms with Gasteiger partial charge in [0.1, 0.15) is 0 Å². The number of nitrogens with zero attached hydrogens (tertiary/aromatic N) is 2. The van der Waals surface area contributed by atoms with E-state index in [0.29, 0.717) is 17.4 Å². The molecule has 1 atom stereocenters. The topological polar surface area (TPSA) is 88.6 Å². The molecule has 8 heteroatoms. The first-order chi connectivity index (χ1) is 13.4. The van der Waals surface area contributed by atoms with Gasteiger partial charge in [0.2, 0.25) is 5.91 Å². The molecule has 0 spiro atoms. The minimum atomic E-state index is -0.928. The van der Waals surface area contributed by atoms with Gasteiger partial charge in [0.05, 0.1) is 12.3 Å². The number of ether oxygens (including phenoxy) is 1. The van der Waals surface area contributed by atoms with Crippen LogP contribution >= 0.6 is 11.3 Å². The number of nitrogens with one attached hydrogen (secondary N) is 1. The quantitative estimate of drug-likeness (QED) is 0.614. The molecule has 1 aliphatic heterocycles. The molecule has 0 fully saturated rings. The molecular formula is C20H23N3O4S. The zero-order chi connectivity index (χ0) is 20.3. The first-order valence-corrected chi connectivity index (χ1v) is 10.2. The lowest BCUT2D eigenvalue weighted by molar-refractivity contribution is -0.152. The predicted octanol–water partition coefficient (Wildman–Crippen LogP) is 3.25. The van der Waals surface area contributed by atoms with E-state index in [-0.39, 0.29) is 18.4 Å². The van der Waals surface area contributed by atoms with E-state index in [4.69, 9.17) is 0 Å². The van der Waals surface area contributed by atoms with Crippen LogP contribution in [0.15, 0.2) is 23.6 Å². The summed E-state index contributed by atoms with van der Waals surface area (Å²) in [5.41, 5.74) is 3.68. The van der Waals surface area contributed by atoms with Gasteiger partial charge in [0.25, 0.3) is 0 Å². The molecule has 2 heterocycles. The standard InChI is InChI=1S/C20H23N3O4S/c1-4-12(3)18(25)23-9-8-14-10-13(6-7-16(14)23)15-11-28-20(21-15)22-17(24)19(26)27-5-2/h6-7,10-12H,4-5,8-9H2,1-3H3,(H,21,22,24)/t12-/m1/s1. The van der Waals surface area contributed by atoms with E-state index in [1.807, 2.05) is 42.3 Å². The Morgan fingerprint density at radius 2 is 2.11 bits per heavy atom. The Hall–Kier alpha value is -2.74. The van der Waals surface area contributed by atoms with Crippen LogP contribution in [0.3, 0.4) is 0 Å². The maximum atomic E-state index is 12.5. The Balaban J connectivity index is 1.75. The van der Waals surface area contributed by atoms with Crippen LogP contribution in [0.5, 0.6) is 0 Å². The third-order valence-electron chi connectivity index (χ3n) is 4.76. The molecule has 0 radical (unpaired) electrons. The summed E-state index contributed by atoms with van der Waals surface area (Å²) in [6.45, 7) is 6.44. The minimum Gasteiger partial charge on any atom is -0.459 e. The summed E-state index contributed by atoms with van der Waals surface area (Å²) in [7, 11) is 0. The van der Waals surface area contributed by atoms with E-state index in [2.05, 4.69) is 15.0 Å². The Morgan fingerprint density at radius 3 is 2.82 bits per heavy atom. The molecule has 0 saturated carbocycles. The van der Waals surface area contributed by atoms with Gasteiger partial charge in [-0.25, -0.2) is 9.78 Å². The second kappa shape index (κ2) is 8.52. The summed E-state index contributed by atoms with van der Waals surface area (Å²) in [4.78, 5) is 41.9. The second-order valence-electron chi connectivity index (χ2n) is 6.61. The molecule has 2 aromatic rings. The average molecular weight is 401 g/mol. The van der Waals surface area contributed by atoms with Crippen molar-refractivity contribution in [3.63, 3.8) is 0 Å². The molecule has 28 heavy (non-hydrogen) atoms. The molecule has 1 aromatic carbocycles. The first kappa shape index (κ1) is 20.0. The number of amides is 2. The van der Waals surface area contributed by atoms with Crippen LogP contribution < -0.4 is 10.2 Å². The molecule has 1 aromatic heterocycles. The lowest BCUT2D eigenvalue weighted by Gasteiger charge is -2.21. The van der Waals surface area contributed by atoms with Crippen LogP contribution in [-0.4, -0.2) is 35.9 Å². The number of esters is 1. The molecule has 1 N–H and O–H groups in total. The maximum absolute atomic E-state index is 12.5. The number of anilines is 2. The molecule has 0 saturated heterocycles. The van der Waals surface area contributed by atoms with Crippen molar-refractivity contribution in [2.75, 3.05) is 23.4 Å². The molecule has 0 unspecified atom stereocenters. The van der Waals surface area contributed by atoms with Gasteiger partial charge in [-0.3, -0.25) is 14.9 Å². The summed E-state index contributed by atoms with van der Waals surface area (Å²) in [5.74, 6) is -1.60. The number of hydrogen-bond donors (Lipinski definition) is 1. The van der Waals surface area contributed by atoms with E-state index in [0.717, 1.165) is 29.7 Å². The highest BCUT2D eigenvalue weighted by Crippen LogP contribution is 2.34. The van der Waals surface area contributed by atoms with Crippen LogP contribution in [-0.2, 0) is 25.5 Å². The SMILES string of the molecule is CCOC(=O)C(=O)Nc1nc(-c2ccc3c(c2)CCN3C(=O)[C@H](C)CC)cs1. The lowest BCUT2D eigenvalue weighted by atomic mass is 10.1. The number of benzene rings is 1. The average Bonchev–Trinajstić information content (AvgIpc) is 3.33. The third-order valence-corrected chi connectivity index (χ3v) is 5.51. The number of fused-ring (bicyclic) bond motifs is 1. The van der Waals surface area contributed by atoms with E-state index >= 15 is 0 Å². The fourth-order valence-corrected chi connectivity index (χ4v) is 3.75. The van der Waals surface area contributed by atoms with E-state index in [1.165, 1.54) is 11.3 Å². The zero-order valence-electron chi connectivity index (χ0n) is 16.2. The van der Waals surface area contributed by atoms with Gasteiger partial charge in [-0.1, -0.05) is 19.9 Å². The van der Waals surface area contributed by atoms with E-state index in [9.17, 15) is 14.4 Å². The molecule has 148 valence electrons. The Bertz CT molecular complexity index is 909. The highest BCUT2D eigenvalue weighted by atomic mass is 32.1. The highest BCUT2D eigenvalue weighted by molar-refractivity contribution is 7.14. The first-order valence-electron chi connectivity index (χ1n) is 9.32. The fourth-order valence-electron chi connectivity index (χ4n) is 3.04. The normalized spacial score (nSPS) is 13.8. The highest BCUT2D eigenvalue weighted by Gasteiger charge is 2.27. The number of carbonyl (C=O) groups is 3. The van der Waals surface area contributed by atoms with Crippen molar-refractivity contribution >= 4 is 39.9 Å². The van der Waals surface area contributed by atoms with Crippen molar-refractivity contribution in [2.45, 2.75) is 33.6 Å². The van der Waals surface area contributed by atoms with Crippen molar-refractivity contribution in [2.24, 2.45) is 5.92 Å². The molecule has 7 nitrogen and oxygen atoms in total. The van der Waals surface area contributed by atoms with Crippen molar-refractivity contribution in [1.29, 1.82) is 0 Å². The van der Waals surface area contributed by atoms with Gasteiger partial charge in [0, 0.05) is 29.1 Å². The molecule has 1 aliphatic rings. The largest absolute Gasteiger partial charge is 0.459 e. The van der Waals surface area contributed by atoms with Crippen molar-refractivity contribution in [3.8, 4) is 11.3 Å². The van der Waals surface area contributed by atoms with Crippen LogP contribution in [0.2, 0.25) is 0 Å². The minimum absolute atomic E-state index is 0.00901. The Labute approximate surface area is 167 Å². The number of carbonyl (C=O) groups excluding carboxylic acids is 3. The van der Waals surface area contributed by atoms with Crippen LogP contribution in [0.1, 0.15) is 32.8 Å². The molecular weight excluding hydrogens is 378 g/mol. The van der Waals surface area contributed by atoms with Crippen LogP contribution in [0, 0.1) is 5.92 Å². The second-order valence-corrected chi connectivity index (χ2v) is 7.46. The summed E-state index contributed by atoms with van der Waals surface area (Å²) in [5, 5.41) is 4.61. The number of aromatic nitrogens is 1. The molecule has 2 amide bonds. The van der Waals surface area contributed by atoms with Gasteiger partial charge in [0.15, 0.2) is 5.13 Å². The van der Waals surface area contributed by atoms with E-state index in [1.54, 1.807) is 6.92 Å². The maximum Gasteiger partial charge on any atom is 0.397 e. The summed E-state index contributed by atoms with van der Waals surface area (Å²) < 4.78 is 4.67. The predicted molar refractivity (Wildman–Crippen MR) is 108 cm³/mol. The molecule has 3 rings (SSSR count). The van der Waals surface area contributed by atoms with Gasteiger partial charge in [-0.15, -0.1) is 11.3 Å². The van der Waals surface area contributed by atoms with Crippen molar-refractivity contribution in [3.05, 3.63) is 29.1 Å². The van der Waals surface area contributed by atoms with E-state index < -0.39 is 11.9 Å². The summed E-state index contributed by atoms with van der Waals surface area (Å²) in [6, 6.07) is 5.91. The van der Waals surface area contributed by atoms with Crippen molar-refractivity contribution in [1.82, 2.24) is 4.98 Å². The zero-order valence-corrected chi connectivity index (χ0v) is 17.0. The van der Waals surface area contributed by atoms with Crippen LogP contribution in [0.25, 0.3) is 11.3 Å². The van der Waals surface area contributed by atoms with Crippen LogP contribution in [0.4, 0.5) is 10.8 Å². The number of rotatable bonds is 5. The molecule has 0 aliphatic carbocycles. The number of hydrogen-bond acceptors (Lipinski definition) is 6. The summed E-state index contributed by atoms with van der Waals surface area (Å²) in [6.07, 6.45) is 1.63. The van der Waals surface area contributed by atoms with Gasteiger partial charge < -0.3 is 9.64 Å².